The van der Waals surface area contributed by atoms with Crippen LogP contribution in [0.3, 0.4) is 0 Å². The molecule has 0 aliphatic heterocycles. The van der Waals surface area contributed by atoms with E-state index in [1.165, 1.54) is 0 Å². The number of hydrogen-bond acceptors (Lipinski definition) is 4. The third kappa shape index (κ3) is 3.38. The third-order valence-electron chi connectivity index (χ3n) is 3.69. The average molecular weight is 394 g/mol. The van der Waals surface area contributed by atoms with Crippen molar-refractivity contribution < 1.29 is 25.6 Å². The normalized spacial score (nSPS) is 12.1. The molecular formula is C18H12F2O4S2. The van der Waals surface area contributed by atoms with Crippen LogP contribution in [0.2, 0.25) is 0 Å². The van der Waals surface area contributed by atoms with Crippen LogP contribution in [-0.4, -0.2) is 16.8 Å². The summed E-state index contributed by atoms with van der Waals surface area (Å²) in [5.74, 6) is -1.13. The number of sulfone groups is 2. The summed E-state index contributed by atoms with van der Waals surface area (Å²) in [6.45, 7) is 0. The van der Waals surface area contributed by atoms with Crippen molar-refractivity contribution in [3.63, 3.8) is 0 Å². The summed E-state index contributed by atoms with van der Waals surface area (Å²) in [4.78, 5) is -0.453. The largest absolute Gasteiger partial charge is 0.219 e. The Morgan fingerprint density at radius 3 is 0.846 bits per heavy atom. The molecule has 134 valence electrons. The Labute approximate surface area is 149 Å². The van der Waals surface area contributed by atoms with Crippen molar-refractivity contribution in [3.8, 4) is 0 Å². The first-order chi connectivity index (χ1) is 12.2. The molecule has 0 bridgehead atoms. The van der Waals surface area contributed by atoms with E-state index < -0.39 is 31.3 Å². The van der Waals surface area contributed by atoms with Crippen LogP contribution in [0, 0.1) is 11.6 Å². The van der Waals surface area contributed by atoms with E-state index in [9.17, 15) is 25.6 Å². The highest BCUT2D eigenvalue weighted by atomic mass is 32.2. The molecule has 0 radical (unpaired) electrons. The molecule has 0 fully saturated rings. The topological polar surface area (TPSA) is 68.3 Å². The molecular weight excluding hydrogens is 382 g/mol. The van der Waals surface area contributed by atoms with Gasteiger partial charge in [-0.25, -0.2) is 25.6 Å². The molecule has 0 N–H and O–H groups in total. The van der Waals surface area contributed by atoms with Gasteiger partial charge >= 0.3 is 0 Å². The highest BCUT2D eigenvalue weighted by Gasteiger charge is 2.21. The Morgan fingerprint density at radius 1 is 0.423 bits per heavy atom. The van der Waals surface area contributed by atoms with E-state index in [-0.39, 0.29) is 19.6 Å². The van der Waals surface area contributed by atoms with Gasteiger partial charge in [-0.05, 0) is 72.8 Å². The van der Waals surface area contributed by atoms with Crippen molar-refractivity contribution in [2.75, 3.05) is 0 Å². The molecule has 8 heteroatoms. The van der Waals surface area contributed by atoms with E-state index in [1.807, 2.05) is 0 Å². The van der Waals surface area contributed by atoms with Gasteiger partial charge < -0.3 is 0 Å². The van der Waals surface area contributed by atoms with E-state index in [0.717, 1.165) is 72.8 Å². The highest BCUT2D eigenvalue weighted by Crippen LogP contribution is 2.25. The smallest absolute Gasteiger partial charge is 0.206 e. The fraction of sp³-hybridized carbons (Fsp3) is 0. The van der Waals surface area contributed by atoms with E-state index in [0.29, 0.717) is 0 Å². The van der Waals surface area contributed by atoms with Crippen LogP contribution >= 0.6 is 0 Å². The van der Waals surface area contributed by atoms with Gasteiger partial charge in [-0.1, -0.05) is 0 Å². The minimum Gasteiger partial charge on any atom is -0.219 e. The SMILES string of the molecule is O=S(=O)(c1ccc(F)cc1)c1ccc(S(=O)(=O)c2ccc(F)cc2)cc1. The van der Waals surface area contributed by atoms with Gasteiger partial charge in [0.05, 0.1) is 19.6 Å². The standard InChI is InChI=1S/C18H12F2O4S2/c19-13-1-5-15(6-2-13)25(21,22)17-9-11-18(12-10-17)26(23,24)16-7-3-14(20)4-8-16/h1-12H. The molecule has 0 saturated carbocycles. The first-order valence-corrected chi connectivity index (χ1v) is 10.3. The van der Waals surface area contributed by atoms with Crippen molar-refractivity contribution in [3.05, 3.63) is 84.4 Å². The lowest BCUT2D eigenvalue weighted by Gasteiger charge is -2.07. The van der Waals surface area contributed by atoms with Gasteiger partial charge in [0, 0.05) is 0 Å². The van der Waals surface area contributed by atoms with Crippen molar-refractivity contribution in [1.82, 2.24) is 0 Å². The fourth-order valence-corrected chi connectivity index (χ4v) is 4.82. The van der Waals surface area contributed by atoms with Crippen LogP contribution in [0.4, 0.5) is 8.78 Å². The Hall–Kier alpha value is -2.58. The van der Waals surface area contributed by atoms with Gasteiger partial charge in [0.1, 0.15) is 11.6 Å². The molecule has 26 heavy (non-hydrogen) atoms. The van der Waals surface area contributed by atoms with E-state index in [1.54, 1.807) is 0 Å². The van der Waals surface area contributed by atoms with Crippen molar-refractivity contribution >= 4 is 19.7 Å². The number of rotatable bonds is 4. The maximum absolute atomic E-state index is 13.0. The predicted molar refractivity (Wildman–Crippen MR) is 90.1 cm³/mol. The van der Waals surface area contributed by atoms with Crippen LogP contribution < -0.4 is 0 Å². The average Bonchev–Trinajstić information content (AvgIpc) is 2.62. The van der Waals surface area contributed by atoms with Gasteiger partial charge in [0.25, 0.3) is 0 Å². The number of hydrogen-bond donors (Lipinski definition) is 0. The molecule has 0 atom stereocenters. The van der Waals surface area contributed by atoms with Gasteiger partial charge in [-0.2, -0.15) is 0 Å². The van der Waals surface area contributed by atoms with Crippen LogP contribution in [-0.2, 0) is 19.7 Å². The lowest BCUT2D eigenvalue weighted by atomic mass is 10.3. The predicted octanol–water partition coefficient (Wildman–Crippen LogP) is 3.63. The second-order valence-electron chi connectivity index (χ2n) is 5.39. The Morgan fingerprint density at radius 2 is 0.615 bits per heavy atom. The second-order valence-corrected chi connectivity index (χ2v) is 9.29. The van der Waals surface area contributed by atoms with Crippen LogP contribution in [0.1, 0.15) is 0 Å². The summed E-state index contributed by atoms with van der Waals surface area (Å²) >= 11 is 0. The maximum atomic E-state index is 13.0. The minimum absolute atomic E-state index is 0.104. The molecule has 4 nitrogen and oxygen atoms in total. The van der Waals surface area contributed by atoms with E-state index >= 15 is 0 Å². The van der Waals surface area contributed by atoms with Crippen molar-refractivity contribution in [2.45, 2.75) is 19.6 Å². The first-order valence-electron chi connectivity index (χ1n) is 7.33. The molecule has 0 saturated heterocycles. The minimum atomic E-state index is -3.90. The molecule has 0 aliphatic rings. The Bertz CT molecular complexity index is 1040. The maximum Gasteiger partial charge on any atom is 0.206 e. The molecule has 0 aromatic heterocycles. The summed E-state index contributed by atoms with van der Waals surface area (Å²) in [7, 11) is -7.80. The summed E-state index contributed by atoms with van der Waals surface area (Å²) < 4.78 is 75.9. The fourth-order valence-electron chi connectivity index (χ4n) is 2.30. The van der Waals surface area contributed by atoms with E-state index in [4.69, 9.17) is 0 Å². The first kappa shape index (κ1) is 18.2. The summed E-state index contributed by atoms with van der Waals surface area (Å²) in [6.07, 6.45) is 0. The zero-order valence-corrected chi connectivity index (χ0v) is 14.8. The number of halogens is 2. The summed E-state index contributed by atoms with van der Waals surface area (Å²) in [6, 6.07) is 13.3. The van der Waals surface area contributed by atoms with E-state index in [2.05, 4.69) is 0 Å². The molecule has 0 heterocycles. The molecule has 0 unspecified atom stereocenters. The monoisotopic (exact) mass is 394 g/mol. The van der Waals surface area contributed by atoms with Crippen LogP contribution in [0.25, 0.3) is 0 Å². The van der Waals surface area contributed by atoms with Gasteiger partial charge in [0.15, 0.2) is 0 Å². The lowest BCUT2D eigenvalue weighted by molar-refractivity contribution is 0.590. The quantitative estimate of drug-likeness (QED) is 0.634. The molecule has 0 spiro atoms. The molecule has 3 aromatic rings. The Balaban J connectivity index is 1.98. The van der Waals surface area contributed by atoms with Gasteiger partial charge in [-0.3, -0.25) is 0 Å². The van der Waals surface area contributed by atoms with Crippen LogP contribution in [0.15, 0.2) is 92.4 Å². The van der Waals surface area contributed by atoms with Crippen LogP contribution in [0.5, 0.6) is 0 Å². The van der Waals surface area contributed by atoms with Gasteiger partial charge in [-0.15, -0.1) is 0 Å². The Kier molecular flexibility index (Phi) is 4.64. The number of benzene rings is 3. The van der Waals surface area contributed by atoms with Gasteiger partial charge in [0.2, 0.25) is 19.7 Å². The lowest BCUT2D eigenvalue weighted by Crippen LogP contribution is -2.05. The molecule has 0 amide bonds. The van der Waals surface area contributed by atoms with Crippen molar-refractivity contribution in [1.29, 1.82) is 0 Å². The molecule has 0 aliphatic carbocycles. The zero-order valence-electron chi connectivity index (χ0n) is 13.1. The summed E-state index contributed by atoms with van der Waals surface area (Å²) in [5.41, 5.74) is 0. The highest BCUT2D eigenvalue weighted by molar-refractivity contribution is 7.92. The summed E-state index contributed by atoms with van der Waals surface area (Å²) in [5, 5.41) is 0. The van der Waals surface area contributed by atoms with Crippen molar-refractivity contribution in [2.24, 2.45) is 0 Å². The molecule has 3 aromatic carbocycles. The second kappa shape index (κ2) is 6.62. The third-order valence-corrected chi connectivity index (χ3v) is 7.26. The molecule has 3 rings (SSSR count). The zero-order chi connectivity index (χ0) is 18.9.